The van der Waals surface area contributed by atoms with Crippen LogP contribution in [0, 0.1) is 0 Å². The van der Waals surface area contributed by atoms with Crippen LogP contribution >= 0.6 is 0 Å². The van der Waals surface area contributed by atoms with Crippen LogP contribution in [0.3, 0.4) is 0 Å². The Labute approximate surface area is 165 Å². The van der Waals surface area contributed by atoms with Gasteiger partial charge in [0.05, 0.1) is 0 Å². The van der Waals surface area contributed by atoms with Crippen LogP contribution < -0.4 is 43.0 Å². The molecule has 4 rings (SSSR count). The summed E-state index contributed by atoms with van der Waals surface area (Å²) in [4.78, 5) is 20.7. The van der Waals surface area contributed by atoms with Gasteiger partial charge in [0.25, 0.3) is 0 Å². The number of piperazine rings is 1. The zero-order chi connectivity index (χ0) is 19.7. The van der Waals surface area contributed by atoms with E-state index in [1.54, 1.807) is 0 Å². The average Bonchev–Trinajstić information content (AvgIpc) is 2.67. The molecule has 0 aliphatic carbocycles. The van der Waals surface area contributed by atoms with Crippen LogP contribution in [-0.2, 0) is 0 Å². The Bertz CT molecular complexity index is 600. The number of hydrogen-bond donors (Lipinski definition) is 5. The molecule has 0 unspecified atom stereocenters. The predicted molar refractivity (Wildman–Crippen MR) is 110 cm³/mol. The lowest BCUT2D eigenvalue weighted by molar-refractivity contribution is 0.440. The quantitative estimate of drug-likeness (QED) is 0.357. The Morgan fingerprint density at radius 2 is 0.964 bits per heavy atom. The van der Waals surface area contributed by atoms with E-state index in [-0.39, 0.29) is 24.2 Å². The van der Waals surface area contributed by atoms with Gasteiger partial charge in [-0.2, -0.15) is 15.0 Å². The maximum atomic E-state index is 6.20. The lowest BCUT2D eigenvalue weighted by Gasteiger charge is -2.37. The minimum absolute atomic E-state index is 0.0171. The molecule has 4 heterocycles. The Morgan fingerprint density at radius 3 is 1.36 bits per heavy atom. The Kier molecular flexibility index (Phi) is 5.78. The number of nitrogens with two attached hydrogens (primary N) is 4. The van der Waals surface area contributed by atoms with Gasteiger partial charge in [-0.05, 0) is 12.8 Å². The number of rotatable bonds is 3. The summed E-state index contributed by atoms with van der Waals surface area (Å²) in [6.45, 7) is 6.31. The van der Waals surface area contributed by atoms with Crippen molar-refractivity contribution in [2.75, 3.05) is 67.1 Å². The Balaban J connectivity index is 1.66. The van der Waals surface area contributed by atoms with Crippen LogP contribution in [-0.4, -0.2) is 91.5 Å². The summed E-state index contributed by atoms with van der Waals surface area (Å²) in [5, 5.41) is 3.36. The van der Waals surface area contributed by atoms with Crippen molar-refractivity contribution in [3.63, 3.8) is 0 Å². The first-order valence-corrected chi connectivity index (χ1v) is 10.2. The second kappa shape index (κ2) is 8.29. The van der Waals surface area contributed by atoms with Gasteiger partial charge in [0.2, 0.25) is 17.8 Å². The lowest BCUT2D eigenvalue weighted by atomic mass is 10.0. The van der Waals surface area contributed by atoms with Crippen LogP contribution in [0.1, 0.15) is 12.8 Å². The SMILES string of the molecule is N[C@@H]1C[C@H](N)CN(c2nc(N3CCNCC3)nc(N3C[C@H](N)C[C@H](N)C3)n2)C1. The molecule has 156 valence electrons. The molecule has 3 aliphatic rings. The first-order valence-electron chi connectivity index (χ1n) is 10.2. The van der Waals surface area contributed by atoms with Gasteiger partial charge in [0.15, 0.2) is 0 Å². The van der Waals surface area contributed by atoms with Crippen molar-refractivity contribution in [2.24, 2.45) is 22.9 Å². The van der Waals surface area contributed by atoms with Gasteiger partial charge in [-0.1, -0.05) is 0 Å². The summed E-state index contributed by atoms with van der Waals surface area (Å²) >= 11 is 0. The molecule has 11 nitrogen and oxygen atoms in total. The van der Waals surface area contributed by atoms with Crippen molar-refractivity contribution < 1.29 is 0 Å². The van der Waals surface area contributed by atoms with E-state index in [0.717, 1.165) is 39.0 Å². The highest BCUT2D eigenvalue weighted by Gasteiger charge is 2.29. The minimum atomic E-state index is 0.0171. The second-order valence-electron chi connectivity index (χ2n) is 8.29. The molecule has 28 heavy (non-hydrogen) atoms. The van der Waals surface area contributed by atoms with E-state index in [0.29, 0.717) is 44.0 Å². The van der Waals surface area contributed by atoms with E-state index in [2.05, 4.69) is 20.0 Å². The zero-order valence-corrected chi connectivity index (χ0v) is 16.4. The fourth-order valence-electron chi connectivity index (χ4n) is 4.32. The van der Waals surface area contributed by atoms with Crippen molar-refractivity contribution in [3.05, 3.63) is 0 Å². The smallest absolute Gasteiger partial charge is 0.232 e. The van der Waals surface area contributed by atoms with E-state index >= 15 is 0 Å². The average molecular weight is 392 g/mol. The molecule has 0 amide bonds. The van der Waals surface area contributed by atoms with Gasteiger partial charge in [-0.25, -0.2) is 0 Å². The molecule has 0 saturated carbocycles. The molecule has 0 bridgehead atoms. The third-order valence-electron chi connectivity index (χ3n) is 5.60. The van der Waals surface area contributed by atoms with Crippen molar-refractivity contribution in [2.45, 2.75) is 37.0 Å². The van der Waals surface area contributed by atoms with Crippen molar-refractivity contribution >= 4 is 17.8 Å². The standard InChI is InChI=1S/C17H33N11/c18-11-5-12(19)8-27(7-11)16-23-15(26-3-1-22-2-4-26)24-17(25-16)28-9-13(20)6-14(21)10-28/h11-14,22H,1-10,18-21H2/t11-,12+,13-,14+. The third kappa shape index (κ3) is 4.44. The van der Waals surface area contributed by atoms with Gasteiger partial charge in [-0.15, -0.1) is 0 Å². The number of nitrogens with zero attached hydrogens (tertiary/aromatic N) is 6. The van der Waals surface area contributed by atoms with Crippen LogP contribution in [0.15, 0.2) is 0 Å². The molecule has 0 spiro atoms. The normalized spacial score (nSPS) is 31.9. The molecule has 1 aromatic heterocycles. The largest absolute Gasteiger partial charge is 0.338 e. The van der Waals surface area contributed by atoms with Gasteiger partial charge in [0, 0.05) is 76.5 Å². The summed E-state index contributed by atoms with van der Waals surface area (Å²) in [6.07, 6.45) is 1.63. The number of piperidine rings is 2. The molecular weight excluding hydrogens is 358 g/mol. The van der Waals surface area contributed by atoms with Crippen LogP contribution in [0.5, 0.6) is 0 Å². The Morgan fingerprint density at radius 1 is 0.607 bits per heavy atom. The van der Waals surface area contributed by atoms with Crippen LogP contribution in [0.2, 0.25) is 0 Å². The first kappa shape index (κ1) is 19.5. The molecule has 0 radical (unpaired) electrons. The van der Waals surface area contributed by atoms with Gasteiger partial charge < -0.3 is 43.0 Å². The summed E-state index contributed by atoms with van der Waals surface area (Å²) in [5.41, 5.74) is 24.8. The van der Waals surface area contributed by atoms with Crippen molar-refractivity contribution in [3.8, 4) is 0 Å². The Hall–Kier alpha value is -1.79. The molecule has 3 saturated heterocycles. The number of anilines is 3. The molecule has 0 aromatic carbocycles. The maximum Gasteiger partial charge on any atom is 0.232 e. The minimum Gasteiger partial charge on any atom is -0.338 e. The van der Waals surface area contributed by atoms with Gasteiger partial charge in [0.1, 0.15) is 0 Å². The monoisotopic (exact) mass is 391 g/mol. The fraction of sp³-hybridized carbons (Fsp3) is 0.824. The van der Waals surface area contributed by atoms with E-state index in [1.165, 1.54) is 0 Å². The summed E-state index contributed by atoms with van der Waals surface area (Å²) in [6, 6.07) is 0.0683. The van der Waals surface area contributed by atoms with Crippen LogP contribution in [0.4, 0.5) is 17.8 Å². The second-order valence-corrected chi connectivity index (χ2v) is 8.29. The predicted octanol–water partition coefficient (Wildman–Crippen LogP) is -2.99. The molecule has 3 aliphatic heterocycles. The lowest BCUT2D eigenvalue weighted by Crippen LogP contribution is -2.54. The van der Waals surface area contributed by atoms with E-state index in [4.69, 9.17) is 37.9 Å². The highest BCUT2D eigenvalue weighted by atomic mass is 15.4. The van der Waals surface area contributed by atoms with Crippen LogP contribution in [0.25, 0.3) is 0 Å². The zero-order valence-electron chi connectivity index (χ0n) is 16.4. The summed E-state index contributed by atoms with van der Waals surface area (Å²) in [5.74, 6) is 1.97. The number of aromatic nitrogens is 3. The summed E-state index contributed by atoms with van der Waals surface area (Å²) < 4.78 is 0. The van der Waals surface area contributed by atoms with Gasteiger partial charge >= 0.3 is 0 Å². The van der Waals surface area contributed by atoms with Crippen molar-refractivity contribution in [1.29, 1.82) is 0 Å². The molecule has 9 N–H and O–H groups in total. The third-order valence-corrected chi connectivity index (χ3v) is 5.60. The topological polar surface area (TPSA) is 164 Å². The molecule has 4 atom stereocenters. The number of nitrogens with one attached hydrogen (secondary N) is 1. The molecule has 1 aromatic rings. The van der Waals surface area contributed by atoms with Crippen molar-refractivity contribution in [1.82, 2.24) is 20.3 Å². The highest BCUT2D eigenvalue weighted by Crippen LogP contribution is 2.23. The molecule has 11 heteroatoms. The maximum absolute atomic E-state index is 6.20. The fourth-order valence-corrected chi connectivity index (χ4v) is 4.32. The summed E-state index contributed by atoms with van der Waals surface area (Å²) in [7, 11) is 0. The van der Waals surface area contributed by atoms with E-state index in [9.17, 15) is 0 Å². The van der Waals surface area contributed by atoms with E-state index in [1.807, 2.05) is 0 Å². The van der Waals surface area contributed by atoms with E-state index < -0.39 is 0 Å². The first-order chi connectivity index (χ1) is 13.5. The molecular formula is C17H33N11. The highest BCUT2D eigenvalue weighted by molar-refractivity contribution is 5.48. The molecule has 3 fully saturated rings. The number of hydrogen-bond acceptors (Lipinski definition) is 11. The van der Waals surface area contributed by atoms with Gasteiger partial charge in [-0.3, -0.25) is 0 Å².